The van der Waals surface area contributed by atoms with Crippen LogP contribution in [0.25, 0.3) is 5.82 Å². The average Bonchev–Trinajstić information content (AvgIpc) is 3.06. The van der Waals surface area contributed by atoms with E-state index in [4.69, 9.17) is 0 Å². The van der Waals surface area contributed by atoms with Crippen molar-refractivity contribution in [1.29, 1.82) is 0 Å². The number of carbonyl (C=O) groups excluding carboxylic acids is 1. The lowest BCUT2D eigenvalue weighted by molar-refractivity contribution is 0.0741. The number of hydrogen-bond donors (Lipinski definition) is 0. The second-order valence-corrected chi connectivity index (χ2v) is 6.72. The predicted molar refractivity (Wildman–Crippen MR) is 101 cm³/mol. The Kier molecular flexibility index (Phi) is 4.72. The number of piperazine rings is 1. The Labute approximate surface area is 161 Å². The molecule has 8 nitrogen and oxygen atoms in total. The molecular weight excluding hydrogens is 361 g/mol. The van der Waals surface area contributed by atoms with E-state index in [0.29, 0.717) is 32.0 Å². The van der Waals surface area contributed by atoms with Crippen molar-refractivity contribution in [2.75, 3.05) is 31.1 Å². The molecule has 0 atom stereocenters. The lowest BCUT2D eigenvalue weighted by Crippen LogP contribution is -2.49. The van der Waals surface area contributed by atoms with Gasteiger partial charge in [-0.2, -0.15) is 5.10 Å². The fraction of sp³-hybridized carbons (Fsp3) is 0.316. The maximum atomic E-state index is 13.8. The van der Waals surface area contributed by atoms with E-state index in [0.717, 1.165) is 23.4 Å². The van der Waals surface area contributed by atoms with Crippen LogP contribution in [0, 0.1) is 19.7 Å². The summed E-state index contributed by atoms with van der Waals surface area (Å²) >= 11 is 0. The van der Waals surface area contributed by atoms with Crippen molar-refractivity contribution < 1.29 is 9.18 Å². The molecule has 4 rings (SSSR count). The highest BCUT2D eigenvalue weighted by molar-refractivity contribution is 5.94. The van der Waals surface area contributed by atoms with Crippen molar-refractivity contribution in [3.63, 3.8) is 0 Å². The van der Waals surface area contributed by atoms with E-state index < -0.39 is 5.82 Å². The molecular formula is C19H20FN7O. The minimum Gasteiger partial charge on any atom is -0.352 e. The van der Waals surface area contributed by atoms with Crippen LogP contribution >= 0.6 is 0 Å². The summed E-state index contributed by atoms with van der Waals surface area (Å²) in [4.78, 5) is 19.9. The Morgan fingerprint density at radius 1 is 1.04 bits per heavy atom. The normalized spacial score (nSPS) is 14.4. The molecule has 0 unspecified atom stereocenters. The number of aromatic nitrogens is 5. The number of aryl methyl sites for hydroxylation is 2. The Bertz CT molecular complexity index is 994. The molecule has 3 aromatic heterocycles. The van der Waals surface area contributed by atoms with Gasteiger partial charge >= 0.3 is 0 Å². The van der Waals surface area contributed by atoms with E-state index in [1.165, 1.54) is 12.3 Å². The Morgan fingerprint density at radius 2 is 1.75 bits per heavy atom. The predicted octanol–water partition coefficient (Wildman–Crippen LogP) is 1.78. The molecule has 1 saturated heterocycles. The zero-order valence-corrected chi connectivity index (χ0v) is 15.7. The van der Waals surface area contributed by atoms with E-state index in [1.807, 2.05) is 32.0 Å². The van der Waals surface area contributed by atoms with Crippen LogP contribution in [0.1, 0.15) is 21.7 Å². The van der Waals surface area contributed by atoms with Gasteiger partial charge in [0.1, 0.15) is 0 Å². The number of carbonyl (C=O) groups is 1. The molecule has 3 aromatic rings. The highest BCUT2D eigenvalue weighted by Crippen LogP contribution is 2.17. The van der Waals surface area contributed by atoms with Crippen LogP contribution in [-0.2, 0) is 0 Å². The van der Waals surface area contributed by atoms with E-state index >= 15 is 0 Å². The summed E-state index contributed by atoms with van der Waals surface area (Å²) in [6.45, 7) is 6.09. The van der Waals surface area contributed by atoms with E-state index in [9.17, 15) is 9.18 Å². The molecule has 28 heavy (non-hydrogen) atoms. The zero-order valence-electron chi connectivity index (χ0n) is 15.7. The highest BCUT2D eigenvalue weighted by Gasteiger charge is 2.25. The molecule has 0 radical (unpaired) electrons. The lowest BCUT2D eigenvalue weighted by atomic mass is 10.2. The molecule has 1 aliphatic rings. The Hall–Kier alpha value is -3.36. The molecule has 4 heterocycles. The maximum absolute atomic E-state index is 13.8. The number of pyridine rings is 1. The molecule has 1 aliphatic heterocycles. The largest absolute Gasteiger partial charge is 0.352 e. The van der Waals surface area contributed by atoms with Crippen molar-refractivity contribution in [3.05, 3.63) is 59.4 Å². The molecule has 144 valence electrons. The summed E-state index contributed by atoms with van der Waals surface area (Å²) < 4.78 is 15.6. The Balaban J connectivity index is 1.42. The van der Waals surface area contributed by atoms with Crippen molar-refractivity contribution in [2.45, 2.75) is 13.8 Å². The van der Waals surface area contributed by atoms with Crippen molar-refractivity contribution in [2.24, 2.45) is 0 Å². The van der Waals surface area contributed by atoms with E-state index in [2.05, 4.69) is 25.2 Å². The van der Waals surface area contributed by atoms with Crippen molar-refractivity contribution in [1.82, 2.24) is 29.9 Å². The molecule has 1 fully saturated rings. The molecule has 0 aromatic carbocycles. The zero-order chi connectivity index (χ0) is 19.7. The van der Waals surface area contributed by atoms with Gasteiger partial charge in [-0.15, -0.1) is 10.2 Å². The number of rotatable bonds is 3. The van der Waals surface area contributed by atoms with Gasteiger partial charge in [0.25, 0.3) is 5.91 Å². The third-order valence-corrected chi connectivity index (χ3v) is 4.76. The second-order valence-electron chi connectivity index (χ2n) is 6.72. The summed E-state index contributed by atoms with van der Waals surface area (Å²) in [6, 6.07) is 7.18. The van der Waals surface area contributed by atoms with Gasteiger partial charge in [0.05, 0.1) is 17.5 Å². The third kappa shape index (κ3) is 3.42. The number of amides is 1. The van der Waals surface area contributed by atoms with Crippen LogP contribution in [0.4, 0.5) is 10.2 Å². The number of anilines is 1. The van der Waals surface area contributed by atoms with Gasteiger partial charge in [0.2, 0.25) is 0 Å². The molecule has 0 spiro atoms. The monoisotopic (exact) mass is 381 g/mol. The van der Waals surface area contributed by atoms with Crippen LogP contribution in [0.2, 0.25) is 0 Å². The lowest BCUT2D eigenvalue weighted by Gasteiger charge is -2.35. The first-order valence-electron chi connectivity index (χ1n) is 9.04. The fourth-order valence-electron chi connectivity index (χ4n) is 3.32. The topological polar surface area (TPSA) is 80.0 Å². The van der Waals surface area contributed by atoms with Crippen LogP contribution in [0.5, 0.6) is 0 Å². The minimum absolute atomic E-state index is 0.0532. The van der Waals surface area contributed by atoms with Gasteiger partial charge in [-0.25, -0.2) is 9.07 Å². The molecule has 1 amide bonds. The van der Waals surface area contributed by atoms with Crippen LogP contribution < -0.4 is 4.90 Å². The summed E-state index contributed by atoms with van der Waals surface area (Å²) in [5.41, 5.74) is 1.97. The molecule has 0 N–H and O–H groups in total. The molecule has 9 heteroatoms. The number of halogens is 1. The van der Waals surface area contributed by atoms with Gasteiger partial charge in [0.15, 0.2) is 17.5 Å². The standard InChI is InChI=1S/C19H20FN7O/c1-13-11-14(2)27(24-13)18-4-3-17(22-23-18)25-7-9-26(10-8-25)19(28)15-5-6-21-12-16(15)20/h3-6,11-12H,7-10H2,1-2H3. The molecule has 0 aliphatic carbocycles. The van der Waals surface area contributed by atoms with E-state index in [-0.39, 0.29) is 11.5 Å². The maximum Gasteiger partial charge on any atom is 0.257 e. The fourth-order valence-corrected chi connectivity index (χ4v) is 3.32. The van der Waals surface area contributed by atoms with Gasteiger partial charge in [-0.3, -0.25) is 9.78 Å². The quantitative estimate of drug-likeness (QED) is 0.688. The highest BCUT2D eigenvalue weighted by atomic mass is 19.1. The van der Waals surface area contributed by atoms with Crippen molar-refractivity contribution >= 4 is 11.7 Å². The average molecular weight is 381 g/mol. The van der Waals surface area contributed by atoms with Crippen LogP contribution in [0.3, 0.4) is 0 Å². The number of nitrogens with zero attached hydrogens (tertiary/aromatic N) is 7. The first-order valence-corrected chi connectivity index (χ1v) is 9.04. The first-order chi connectivity index (χ1) is 13.5. The van der Waals surface area contributed by atoms with Gasteiger partial charge in [-0.05, 0) is 38.1 Å². The Morgan fingerprint density at radius 3 is 2.36 bits per heavy atom. The second kappa shape index (κ2) is 7.34. The van der Waals surface area contributed by atoms with Crippen molar-refractivity contribution in [3.8, 4) is 5.82 Å². The summed E-state index contributed by atoms with van der Waals surface area (Å²) in [6.07, 6.45) is 2.48. The molecule has 0 bridgehead atoms. The minimum atomic E-state index is -0.597. The summed E-state index contributed by atoms with van der Waals surface area (Å²) in [5.74, 6) is 0.495. The third-order valence-electron chi connectivity index (χ3n) is 4.76. The summed E-state index contributed by atoms with van der Waals surface area (Å²) in [7, 11) is 0. The number of hydrogen-bond acceptors (Lipinski definition) is 6. The van der Waals surface area contributed by atoms with Crippen LogP contribution in [-0.4, -0.2) is 61.9 Å². The van der Waals surface area contributed by atoms with Gasteiger partial charge < -0.3 is 9.80 Å². The van der Waals surface area contributed by atoms with E-state index in [1.54, 1.807) is 9.58 Å². The smallest absolute Gasteiger partial charge is 0.257 e. The van der Waals surface area contributed by atoms with Crippen LogP contribution in [0.15, 0.2) is 36.7 Å². The molecule has 0 saturated carbocycles. The first kappa shape index (κ1) is 18.0. The van der Waals surface area contributed by atoms with Gasteiger partial charge in [0, 0.05) is 38.1 Å². The summed E-state index contributed by atoms with van der Waals surface area (Å²) in [5, 5.41) is 13.0. The van der Waals surface area contributed by atoms with Gasteiger partial charge in [-0.1, -0.05) is 0 Å². The SMILES string of the molecule is Cc1cc(C)n(-c2ccc(N3CCN(C(=O)c4ccncc4F)CC3)nn2)n1.